The van der Waals surface area contributed by atoms with Gasteiger partial charge in [0.2, 0.25) is 11.8 Å². The van der Waals surface area contributed by atoms with Gasteiger partial charge in [-0.15, -0.1) is 0 Å². The number of aldehydes is 1. The lowest BCUT2D eigenvalue weighted by Crippen LogP contribution is -2.44. The molecule has 3 amide bonds. The van der Waals surface area contributed by atoms with Crippen molar-refractivity contribution in [3.63, 3.8) is 0 Å². The normalized spacial score (nSPS) is 24.6. The van der Waals surface area contributed by atoms with Crippen molar-refractivity contribution in [2.45, 2.75) is 57.4 Å². The first-order valence-corrected chi connectivity index (χ1v) is 11.9. The van der Waals surface area contributed by atoms with E-state index in [4.69, 9.17) is 0 Å². The van der Waals surface area contributed by atoms with Crippen LogP contribution in [0.5, 0.6) is 0 Å². The maximum atomic E-state index is 12.5. The molecule has 10 heteroatoms. The standard InChI is InChI=1S/C18H20N4O4.C7H12F2/c23-10-13(7-12-5-6-19-17(12)25)21-16(24)9-20-18(26)15-8-11-3-1-2-4-14(11)22-15;1-5-2-3-6(8)7(9)4-5/h1-4,8,10,12-13,22H,5-7,9H2,(H,19,25)(H,20,26)(H,21,24);5-7H,2-4H2,1H3. The summed E-state index contributed by atoms with van der Waals surface area (Å²) in [7, 11) is 0. The number of aromatic amines is 1. The Bertz CT molecular complexity index is 1010. The van der Waals surface area contributed by atoms with E-state index in [0.29, 0.717) is 43.7 Å². The fraction of sp³-hybridized carbons (Fsp3) is 0.520. The van der Waals surface area contributed by atoms with Crippen LogP contribution in [0.3, 0.4) is 0 Å². The fourth-order valence-corrected chi connectivity index (χ4v) is 4.31. The van der Waals surface area contributed by atoms with E-state index in [1.54, 1.807) is 6.07 Å². The number of rotatable bonds is 7. The van der Waals surface area contributed by atoms with Gasteiger partial charge >= 0.3 is 0 Å². The predicted octanol–water partition coefficient (Wildman–Crippen LogP) is 2.59. The number of H-pyrrole nitrogens is 1. The first-order valence-electron chi connectivity index (χ1n) is 11.9. The molecule has 2 heterocycles. The number of carbonyl (C=O) groups excluding carboxylic acids is 4. The molecule has 190 valence electrons. The summed E-state index contributed by atoms with van der Waals surface area (Å²) in [5.74, 6) is -0.879. The van der Waals surface area contributed by atoms with Crippen LogP contribution >= 0.6 is 0 Å². The molecule has 2 aliphatic rings. The number of nitrogens with one attached hydrogen (secondary N) is 4. The van der Waals surface area contributed by atoms with Crippen LogP contribution in [0.15, 0.2) is 30.3 Å². The quantitative estimate of drug-likeness (QED) is 0.446. The Hall–Kier alpha value is -3.30. The fourth-order valence-electron chi connectivity index (χ4n) is 4.31. The molecule has 5 atom stereocenters. The van der Waals surface area contributed by atoms with Crippen molar-refractivity contribution < 1.29 is 28.0 Å². The SMILES string of the molecule is CC1CCC(F)C(F)C1.O=CC(CC1CCNC1=O)NC(=O)CNC(=O)c1cc2ccccc2[nH]1. The highest BCUT2D eigenvalue weighted by atomic mass is 19.2. The number of halogens is 2. The zero-order chi connectivity index (χ0) is 25.4. The molecule has 2 aromatic rings. The van der Waals surface area contributed by atoms with E-state index in [1.165, 1.54) is 0 Å². The highest BCUT2D eigenvalue weighted by Gasteiger charge is 2.28. The summed E-state index contributed by atoms with van der Waals surface area (Å²) in [5, 5.41) is 8.64. The number of benzene rings is 1. The summed E-state index contributed by atoms with van der Waals surface area (Å²) in [6.45, 7) is 2.30. The van der Waals surface area contributed by atoms with Gasteiger partial charge in [0.05, 0.1) is 12.6 Å². The number of carbonyl (C=O) groups is 4. The lowest BCUT2D eigenvalue weighted by Gasteiger charge is -2.23. The smallest absolute Gasteiger partial charge is 0.268 e. The number of aromatic nitrogens is 1. The molecular formula is C25H32F2N4O4. The summed E-state index contributed by atoms with van der Waals surface area (Å²) in [4.78, 5) is 49.8. The average molecular weight is 491 g/mol. The minimum atomic E-state index is -1.19. The third-order valence-corrected chi connectivity index (χ3v) is 6.35. The lowest BCUT2D eigenvalue weighted by molar-refractivity contribution is -0.125. The van der Waals surface area contributed by atoms with Crippen molar-refractivity contribution in [3.05, 3.63) is 36.0 Å². The van der Waals surface area contributed by atoms with Crippen LogP contribution in [0.1, 0.15) is 49.5 Å². The molecule has 1 aromatic carbocycles. The van der Waals surface area contributed by atoms with Gasteiger partial charge in [-0.3, -0.25) is 14.4 Å². The highest BCUT2D eigenvalue weighted by molar-refractivity contribution is 5.99. The molecule has 8 nitrogen and oxygen atoms in total. The first kappa shape index (κ1) is 26.3. The molecular weight excluding hydrogens is 458 g/mol. The Morgan fingerprint density at radius 3 is 2.57 bits per heavy atom. The van der Waals surface area contributed by atoms with Crippen molar-refractivity contribution in [3.8, 4) is 0 Å². The van der Waals surface area contributed by atoms with Crippen LogP contribution in [0.25, 0.3) is 10.9 Å². The van der Waals surface area contributed by atoms with Gasteiger partial charge in [-0.05, 0) is 50.2 Å². The second-order valence-corrected chi connectivity index (χ2v) is 9.23. The van der Waals surface area contributed by atoms with Crippen LogP contribution in [-0.4, -0.2) is 60.5 Å². The number of amides is 3. The molecule has 35 heavy (non-hydrogen) atoms. The molecule has 1 saturated carbocycles. The van der Waals surface area contributed by atoms with Gasteiger partial charge < -0.3 is 25.7 Å². The van der Waals surface area contributed by atoms with Crippen molar-refractivity contribution in [1.29, 1.82) is 0 Å². The third kappa shape index (κ3) is 7.60. The molecule has 1 aliphatic carbocycles. The number of fused-ring (bicyclic) bond motifs is 1. The minimum absolute atomic E-state index is 0.0989. The molecule has 1 aliphatic heterocycles. The first-order chi connectivity index (χ1) is 16.8. The van der Waals surface area contributed by atoms with E-state index < -0.39 is 30.2 Å². The van der Waals surface area contributed by atoms with Gasteiger partial charge in [0, 0.05) is 23.4 Å². The van der Waals surface area contributed by atoms with Gasteiger partial charge in [-0.25, -0.2) is 8.78 Å². The average Bonchev–Trinajstić information content (AvgIpc) is 3.46. The van der Waals surface area contributed by atoms with Crippen molar-refractivity contribution in [2.24, 2.45) is 11.8 Å². The van der Waals surface area contributed by atoms with Crippen molar-refractivity contribution in [1.82, 2.24) is 20.9 Å². The Morgan fingerprint density at radius 1 is 1.17 bits per heavy atom. The Balaban J connectivity index is 0.000000320. The summed E-state index contributed by atoms with van der Waals surface area (Å²) in [5.41, 5.74) is 1.19. The van der Waals surface area contributed by atoms with E-state index in [-0.39, 0.29) is 24.8 Å². The van der Waals surface area contributed by atoms with Gasteiger partial charge in [0.25, 0.3) is 5.91 Å². The van der Waals surface area contributed by atoms with E-state index in [2.05, 4.69) is 20.9 Å². The molecule has 1 aromatic heterocycles. The predicted molar refractivity (Wildman–Crippen MR) is 127 cm³/mol. The molecule has 1 saturated heterocycles. The maximum Gasteiger partial charge on any atom is 0.268 e. The van der Waals surface area contributed by atoms with Crippen LogP contribution < -0.4 is 16.0 Å². The summed E-state index contributed by atoms with van der Waals surface area (Å²) < 4.78 is 24.8. The van der Waals surface area contributed by atoms with Gasteiger partial charge in [0.1, 0.15) is 24.3 Å². The van der Waals surface area contributed by atoms with Gasteiger partial charge in [0.15, 0.2) is 0 Å². The van der Waals surface area contributed by atoms with E-state index in [1.807, 2.05) is 31.2 Å². The Kier molecular flexibility index (Phi) is 9.33. The zero-order valence-electron chi connectivity index (χ0n) is 19.7. The Labute approximate surface area is 202 Å². The van der Waals surface area contributed by atoms with Crippen LogP contribution in [0.2, 0.25) is 0 Å². The van der Waals surface area contributed by atoms with Crippen LogP contribution in [-0.2, 0) is 14.4 Å². The zero-order valence-corrected chi connectivity index (χ0v) is 19.7. The van der Waals surface area contributed by atoms with Crippen LogP contribution in [0.4, 0.5) is 8.78 Å². The van der Waals surface area contributed by atoms with Gasteiger partial charge in [-0.2, -0.15) is 0 Å². The largest absolute Gasteiger partial charge is 0.356 e. The molecule has 0 spiro atoms. The van der Waals surface area contributed by atoms with E-state index in [9.17, 15) is 28.0 Å². The Morgan fingerprint density at radius 2 is 1.94 bits per heavy atom. The van der Waals surface area contributed by atoms with Crippen molar-refractivity contribution in [2.75, 3.05) is 13.1 Å². The number of para-hydroxylation sites is 1. The molecule has 5 unspecified atom stereocenters. The number of hydrogen-bond acceptors (Lipinski definition) is 4. The summed E-state index contributed by atoms with van der Waals surface area (Å²) in [6.07, 6.45) is 0.844. The summed E-state index contributed by atoms with van der Waals surface area (Å²) >= 11 is 0. The van der Waals surface area contributed by atoms with E-state index >= 15 is 0 Å². The molecule has 0 bridgehead atoms. The second kappa shape index (κ2) is 12.4. The topological polar surface area (TPSA) is 120 Å². The number of hydrogen-bond donors (Lipinski definition) is 4. The molecule has 2 fully saturated rings. The minimum Gasteiger partial charge on any atom is -0.356 e. The van der Waals surface area contributed by atoms with Gasteiger partial charge in [-0.1, -0.05) is 25.1 Å². The van der Waals surface area contributed by atoms with Crippen LogP contribution in [0, 0.1) is 11.8 Å². The highest BCUT2D eigenvalue weighted by Crippen LogP contribution is 2.28. The second-order valence-electron chi connectivity index (χ2n) is 9.23. The third-order valence-electron chi connectivity index (χ3n) is 6.35. The lowest BCUT2D eigenvalue weighted by atomic mass is 9.88. The van der Waals surface area contributed by atoms with Crippen molar-refractivity contribution >= 4 is 34.9 Å². The molecule has 4 rings (SSSR count). The molecule has 0 radical (unpaired) electrons. The van der Waals surface area contributed by atoms with E-state index in [0.717, 1.165) is 17.3 Å². The monoisotopic (exact) mass is 490 g/mol. The molecule has 4 N–H and O–H groups in total. The maximum absolute atomic E-state index is 12.5. The summed E-state index contributed by atoms with van der Waals surface area (Å²) in [6, 6.07) is 8.42. The number of alkyl halides is 2.